The van der Waals surface area contributed by atoms with Crippen molar-refractivity contribution in [2.45, 2.75) is 10.8 Å². The number of carbonyl (C=O) groups is 1. The Morgan fingerprint density at radius 2 is 1.93 bits per heavy atom. The number of benzene rings is 2. The van der Waals surface area contributed by atoms with E-state index in [2.05, 4.69) is 20.2 Å². The minimum Gasteiger partial charge on any atom is -0.330 e. The van der Waals surface area contributed by atoms with Crippen LogP contribution in [-0.4, -0.2) is 43.0 Å². The van der Waals surface area contributed by atoms with Gasteiger partial charge in [-0.15, -0.1) is 10.2 Å². The second-order valence-electron chi connectivity index (χ2n) is 6.33. The van der Waals surface area contributed by atoms with Gasteiger partial charge in [0.1, 0.15) is 5.82 Å². The van der Waals surface area contributed by atoms with E-state index in [9.17, 15) is 17.6 Å². The number of nitrogens with one attached hydrogen (secondary N) is 2. The number of anilines is 2. The first-order valence-corrected chi connectivity index (χ1v) is 12.5. The van der Waals surface area contributed by atoms with Gasteiger partial charge >= 0.3 is 0 Å². The fourth-order valence-corrected chi connectivity index (χ4v) is 4.60. The smallest absolute Gasteiger partial charge is 0.210 e. The number of sulfonamides is 1. The zero-order chi connectivity index (χ0) is 21.6. The molecule has 2 N–H and O–H groups in total. The lowest BCUT2D eigenvalue weighted by Crippen LogP contribution is -2.24. The molecule has 0 unspecified atom stereocenters. The molecule has 158 valence electrons. The van der Waals surface area contributed by atoms with Gasteiger partial charge in [-0.2, -0.15) is 0 Å². The number of hydrogen-bond acceptors (Lipinski definition) is 8. The minimum atomic E-state index is -3.21. The molecule has 0 bridgehead atoms. The maximum atomic E-state index is 13.2. The van der Waals surface area contributed by atoms with E-state index in [0.29, 0.717) is 33.7 Å². The largest absolute Gasteiger partial charge is 0.330 e. The molecule has 0 amide bonds. The van der Waals surface area contributed by atoms with E-state index in [4.69, 9.17) is 0 Å². The normalized spacial score (nSPS) is 11.4. The molecule has 0 aliphatic rings. The molecular weight excluding hydrogens is 447 g/mol. The Hall–Kier alpha value is -2.34. The van der Waals surface area contributed by atoms with Gasteiger partial charge in [-0.3, -0.25) is 4.79 Å². The Kier molecular flexibility index (Phi) is 7.53. The predicted molar refractivity (Wildman–Crippen MR) is 118 cm³/mol. The van der Waals surface area contributed by atoms with Crippen molar-refractivity contribution >= 4 is 49.7 Å². The molecule has 1 heterocycles. The number of rotatable bonds is 10. The lowest BCUT2D eigenvalue weighted by molar-refractivity contribution is 0.102. The van der Waals surface area contributed by atoms with Crippen molar-refractivity contribution in [3.63, 3.8) is 0 Å². The standard InChI is InChI=1S/C19H19FN4O3S3/c1-30(26,27)21-10-9-13-5-7-14(8-6-13)17(25)12-28-19-24-23-18(29-19)22-16-4-2-3-15(20)11-16/h2-8,11,21H,9-10,12H2,1H3,(H,22,23). The number of thioether (sulfide) groups is 1. The highest BCUT2D eigenvalue weighted by atomic mass is 32.2. The van der Waals surface area contributed by atoms with Crippen molar-refractivity contribution in [2.75, 3.05) is 23.9 Å². The summed E-state index contributed by atoms with van der Waals surface area (Å²) in [5.41, 5.74) is 2.09. The first kappa shape index (κ1) is 22.3. The van der Waals surface area contributed by atoms with Gasteiger partial charge < -0.3 is 5.32 Å². The van der Waals surface area contributed by atoms with E-state index in [1.165, 1.54) is 35.2 Å². The van der Waals surface area contributed by atoms with E-state index >= 15 is 0 Å². The van der Waals surface area contributed by atoms with E-state index in [1.807, 2.05) is 12.1 Å². The zero-order valence-electron chi connectivity index (χ0n) is 16.0. The summed E-state index contributed by atoms with van der Waals surface area (Å²) in [5.74, 6) is -0.179. The highest BCUT2D eigenvalue weighted by Gasteiger charge is 2.11. The summed E-state index contributed by atoms with van der Waals surface area (Å²) in [6.07, 6.45) is 1.66. The SMILES string of the molecule is CS(=O)(=O)NCCc1ccc(C(=O)CSc2nnc(Nc3cccc(F)c3)s2)cc1. The van der Waals surface area contributed by atoms with Crippen molar-refractivity contribution in [3.05, 3.63) is 65.5 Å². The predicted octanol–water partition coefficient (Wildman–Crippen LogP) is 3.49. The van der Waals surface area contributed by atoms with E-state index in [0.717, 1.165) is 11.8 Å². The third-order valence-electron chi connectivity index (χ3n) is 3.86. The second-order valence-corrected chi connectivity index (χ2v) is 10.4. The van der Waals surface area contributed by atoms with Gasteiger partial charge in [-0.05, 0) is 30.2 Å². The average molecular weight is 467 g/mol. The minimum absolute atomic E-state index is 0.0457. The number of aromatic nitrogens is 2. The van der Waals surface area contributed by atoms with Crippen molar-refractivity contribution < 1.29 is 17.6 Å². The van der Waals surface area contributed by atoms with Crippen LogP contribution in [0.3, 0.4) is 0 Å². The van der Waals surface area contributed by atoms with Gasteiger partial charge in [-0.25, -0.2) is 17.5 Å². The lowest BCUT2D eigenvalue weighted by Gasteiger charge is -2.04. The van der Waals surface area contributed by atoms with Gasteiger partial charge in [0.2, 0.25) is 15.2 Å². The second kappa shape index (κ2) is 10.1. The Morgan fingerprint density at radius 1 is 1.17 bits per heavy atom. The molecule has 0 aliphatic heterocycles. The van der Waals surface area contributed by atoms with Gasteiger partial charge in [0.05, 0.1) is 12.0 Å². The molecule has 0 saturated carbocycles. The zero-order valence-corrected chi connectivity index (χ0v) is 18.4. The van der Waals surface area contributed by atoms with Crippen molar-refractivity contribution in [1.29, 1.82) is 0 Å². The molecule has 0 spiro atoms. The van der Waals surface area contributed by atoms with Crippen LogP contribution in [0.5, 0.6) is 0 Å². The molecule has 0 radical (unpaired) electrons. The van der Waals surface area contributed by atoms with Gasteiger partial charge in [0.15, 0.2) is 10.1 Å². The third kappa shape index (κ3) is 7.17. The first-order chi connectivity index (χ1) is 14.3. The van der Waals surface area contributed by atoms with E-state index in [1.54, 1.807) is 24.3 Å². The molecule has 2 aromatic carbocycles. The summed E-state index contributed by atoms with van der Waals surface area (Å²) >= 11 is 2.57. The molecule has 0 atom stereocenters. The Labute approximate surface area is 182 Å². The van der Waals surface area contributed by atoms with Crippen LogP contribution in [0.1, 0.15) is 15.9 Å². The monoisotopic (exact) mass is 466 g/mol. The summed E-state index contributed by atoms with van der Waals surface area (Å²) in [7, 11) is -3.21. The summed E-state index contributed by atoms with van der Waals surface area (Å²) < 4.78 is 38.4. The fourth-order valence-electron chi connectivity index (χ4n) is 2.46. The van der Waals surface area contributed by atoms with Crippen LogP contribution in [0.15, 0.2) is 52.9 Å². The van der Waals surface area contributed by atoms with Gasteiger partial charge in [0.25, 0.3) is 0 Å². The molecule has 7 nitrogen and oxygen atoms in total. The molecule has 0 aliphatic carbocycles. The third-order valence-corrected chi connectivity index (χ3v) is 6.56. The van der Waals surface area contributed by atoms with E-state index < -0.39 is 10.0 Å². The van der Waals surface area contributed by atoms with Crippen LogP contribution in [0.25, 0.3) is 0 Å². The molecule has 3 rings (SSSR count). The van der Waals surface area contributed by atoms with Crippen molar-refractivity contribution in [2.24, 2.45) is 0 Å². The van der Waals surface area contributed by atoms with Crippen LogP contribution in [0.4, 0.5) is 15.2 Å². The molecule has 30 heavy (non-hydrogen) atoms. The maximum Gasteiger partial charge on any atom is 0.210 e. The van der Waals surface area contributed by atoms with Crippen molar-refractivity contribution in [3.8, 4) is 0 Å². The average Bonchev–Trinajstić information content (AvgIpc) is 3.13. The molecule has 0 saturated heterocycles. The van der Waals surface area contributed by atoms with Crippen LogP contribution < -0.4 is 10.0 Å². The number of Topliss-reactive ketones (excluding diaryl/α,β-unsaturated/α-hetero) is 1. The number of ketones is 1. The first-order valence-electron chi connectivity index (χ1n) is 8.84. The van der Waals surface area contributed by atoms with Crippen LogP contribution in [0.2, 0.25) is 0 Å². The highest BCUT2D eigenvalue weighted by Crippen LogP contribution is 2.28. The Bertz CT molecular complexity index is 1120. The fraction of sp³-hybridized carbons (Fsp3) is 0.211. The van der Waals surface area contributed by atoms with Crippen LogP contribution >= 0.6 is 23.1 Å². The Balaban J connectivity index is 1.49. The van der Waals surface area contributed by atoms with Crippen LogP contribution in [-0.2, 0) is 16.4 Å². The Morgan fingerprint density at radius 3 is 2.63 bits per heavy atom. The summed E-state index contributed by atoms with van der Waals surface area (Å²) in [4.78, 5) is 12.4. The lowest BCUT2D eigenvalue weighted by atomic mass is 10.1. The number of carbonyl (C=O) groups excluding carboxylic acids is 1. The van der Waals surface area contributed by atoms with Crippen molar-refractivity contribution in [1.82, 2.24) is 14.9 Å². The number of nitrogens with zero attached hydrogens (tertiary/aromatic N) is 2. The number of hydrogen-bond donors (Lipinski definition) is 2. The summed E-state index contributed by atoms with van der Waals surface area (Å²) in [6.45, 7) is 0.311. The van der Waals surface area contributed by atoms with E-state index in [-0.39, 0.29) is 17.4 Å². The molecule has 3 aromatic rings. The highest BCUT2D eigenvalue weighted by molar-refractivity contribution is 8.01. The summed E-state index contributed by atoms with van der Waals surface area (Å²) in [5, 5.41) is 11.5. The van der Waals surface area contributed by atoms with Gasteiger partial charge in [0, 0.05) is 17.8 Å². The molecule has 1 aromatic heterocycles. The van der Waals surface area contributed by atoms with Crippen LogP contribution in [0, 0.1) is 5.82 Å². The molecular formula is C19H19FN4O3S3. The topological polar surface area (TPSA) is 101 Å². The summed E-state index contributed by atoms with van der Waals surface area (Å²) in [6, 6.07) is 13.1. The van der Waals surface area contributed by atoms with Gasteiger partial charge in [-0.1, -0.05) is 53.4 Å². The quantitative estimate of drug-likeness (QED) is 0.348. The molecule has 0 fully saturated rings. The number of halogens is 1. The molecule has 11 heteroatoms. The maximum absolute atomic E-state index is 13.2.